The summed E-state index contributed by atoms with van der Waals surface area (Å²) in [4.78, 5) is 11.8. The molecular weight excluding hydrogens is 318 g/mol. The molecule has 0 amide bonds. The first kappa shape index (κ1) is 17.1. The van der Waals surface area contributed by atoms with Crippen molar-refractivity contribution in [1.82, 2.24) is 0 Å². The van der Waals surface area contributed by atoms with Gasteiger partial charge in [0.2, 0.25) is 0 Å². The highest BCUT2D eigenvalue weighted by Crippen LogP contribution is 2.19. The van der Waals surface area contributed by atoms with Gasteiger partial charge in [-0.3, -0.25) is 0 Å². The zero-order valence-electron chi connectivity index (χ0n) is 12.4. The van der Waals surface area contributed by atoms with Crippen LogP contribution in [0.5, 0.6) is 0 Å². The van der Waals surface area contributed by atoms with E-state index in [0.717, 1.165) is 5.56 Å². The van der Waals surface area contributed by atoms with Crippen LogP contribution in [-0.4, -0.2) is 25.5 Å². The molecule has 0 fully saturated rings. The lowest BCUT2D eigenvalue weighted by Gasteiger charge is -2.17. The van der Waals surface area contributed by atoms with Crippen molar-refractivity contribution in [2.75, 3.05) is 0 Å². The Morgan fingerprint density at radius 3 is 2.22 bits per heavy atom. The van der Waals surface area contributed by atoms with Gasteiger partial charge in [0.15, 0.2) is 0 Å². The van der Waals surface area contributed by atoms with E-state index >= 15 is 0 Å². The number of hydrogen-bond donors (Lipinski definition) is 2. The molecule has 6 nitrogen and oxygen atoms in total. The summed E-state index contributed by atoms with van der Waals surface area (Å²) in [6, 6.07) is 12.5. The van der Waals surface area contributed by atoms with E-state index in [1.807, 2.05) is 0 Å². The van der Waals surface area contributed by atoms with Crippen molar-refractivity contribution in [3.8, 4) is 0 Å². The minimum Gasteiger partial charge on any atom is -0.386 e. The molecule has 23 heavy (non-hydrogen) atoms. The van der Waals surface area contributed by atoms with E-state index in [-0.39, 0.29) is 4.90 Å². The molecule has 2 rings (SSSR count). The molecule has 0 bridgehead atoms. The second kappa shape index (κ2) is 6.91. The average Bonchev–Trinajstić information content (AvgIpc) is 2.54. The maximum absolute atomic E-state index is 12.0. The van der Waals surface area contributed by atoms with Crippen molar-refractivity contribution < 1.29 is 22.5 Å². The van der Waals surface area contributed by atoms with Crippen molar-refractivity contribution in [2.24, 2.45) is 5.73 Å². The van der Waals surface area contributed by atoms with Crippen molar-refractivity contribution in [1.29, 1.82) is 0 Å². The van der Waals surface area contributed by atoms with Crippen LogP contribution in [0.15, 0.2) is 59.5 Å². The lowest BCUT2D eigenvalue weighted by Crippen LogP contribution is -2.39. The summed E-state index contributed by atoms with van der Waals surface area (Å²) in [5.74, 6) is -1.22. The SMILES string of the molecule is Cc1ccc(S(=O)(=O)OC(=O)C(N)C(O)c2ccccc2)cc1. The summed E-state index contributed by atoms with van der Waals surface area (Å²) < 4.78 is 28.6. The second-order valence-electron chi connectivity index (χ2n) is 5.05. The van der Waals surface area contributed by atoms with Crippen LogP contribution >= 0.6 is 0 Å². The minimum absolute atomic E-state index is 0.155. The molecule has 2 atom stereocenters. The monoisotopic (exact) mass is 335 g/mol. The maximum atomic E-state index is 12.0. The molecule has 3 N–H and O–H groups in total. The van der Waals surface area contributed by atoms with E-state index in [9.17, 15) is 18.3 Å². The van der Waals surface area contributed by atoms with Crippen LogP contribution in [-0.2, 0) is 19.1 Å². The van der Waals surface area contributed by atoms with Crippen molar-refractivity contribution >= 4 is 16.1 Å². The number of carbonyl (C=O) groups excluding carboxylic acids is 1. The van der Waals surface area contributed by atoms with Gasteiger partial charge in [0, 0.05) is 0 Å². The van der Waals surface area contributed by atoms with Gasteiger partial charge in [-0.1, -0.05) is 48.0 Å². The number of carbonyl (C=O) groups is 1. The molecule has 7 heteroatoms. The molecule has 2 aromatic carbocycles. The van der Waals surface area contributed by atoms with Crippen molar-refractivity contribution in [2.45, 2.75) is 24.0 Å². The van der Waals surface area contributed by atoms with Gasteiger partial charge in [-0.2, -0.15) is 8.42 Å². The number of aliphatic hydroxyl groups excluding tert-OH is 1. The molecule has 0 aliphatic carbocycles. The normalized spacial score (nSPS) is 14.0. The van der Waals surface area contributed by atoms with Crippen LogP contribution in [0.2, 0.25) is 0 Å². The summed E-state index contributed by atoms with van der Waals surface area (Å²) >= 11 is 0. The third kappa shape index (κ3) is 4.16. The summed E-state index contributed by atoms with van der Waals surface area (Å²) in [7, 11) is -4.28. The fraction of sp³-hybridized carbons (Fsp3) is 0.188. The molecule has 0 heterocycles. The average molecular weight is 335 g/mol. The quantitative estimate of drug-likeness (QED) is 0.797. The van der Waals surface area contributed by atoms with E-state index in [4.69, 9.17) is 5.73 Å². The highest BCUT2D eigenvalue weighted by atomic mass is 32.2. The smallest absolute Gasteiger partial charge is 0.342 e. The molecule has 0 aliphatic rings. The largest absolute Gasteiger partial charge is 0.386 e. The first-order chi connectivity index (χ1) is 10.8. The highest BCUT2D eigenvalue weighted by molar-refractivity contribution is 7.87. The molecule has 0 aromatic heterocycles. The highest BCUT2D eigenvalue weighted by Gasteiger charge is 2.30. The van der Waals surface area contributed by atoms with Crippen LogP contribution in [0.4, 0.5) is 0 Å². The van der Waals surface area contributed by atoms with E-state index in [1.165, 1.54) is 12.1 Å². The van der Waals surface area contributed by atoms with Crippen LogP contribution in [0.25, 0.3) is 0 Å². The minimum atomic E-state index is -4.28. The number of nitrogens with two attached hydrogens (primary N) is 1. The second-order valence-corrected chi connectivity index (χ2v) is 6.60. The summed E-state index contributed by atoms with van der Waals surface area (Å²) in [6.45, 7) is 1.80. The Labute approximate surface area is 134 Å². The summed E-state index contributed by atoms with van der Waals surface area (Å²) in [5, 5.41) is 10.0. The van der Waals surface area contributed by atoms with Crippen LogP contribution < -0.4 is 5.73 Å². The van der Waals surface area contributed by atoms with Gasteiger partial charge < -0.3 is 15.0 Å². The number of aryl methyl sites for hydroxylation is 1. The predicted octanol–water partition coefficient (Wildman–Crippen LogP) is 1.29. The van der Waals surface area contributed by atoms with Gasteiger partial charge in [-0.25, -0.2) is 4.79 Å². The standard InChI is InChI=1S/C16H17NO5S/c1-11-7-9-13(10-8-11)23(20,21)22-16(19)14(17)15(18)12-5-3-2-4-6-12/h2-10,14-15,18H,17H2,1H3. The molecule has 2 unspecified atom stereocenters. The Morgan fingerprint density at radius 2 is 1.65 bits per heavy atom. The fourth-order valence-corrected chi connectivity index (χ4v) is 2.80. The molecule has 122 valence electrons. The lowest BCUT2D eigenvalue weighted by atomic mass is 10.0. The number of rotatable bonds is 5. The van der Waals surface area contributed by atoms with Gasteiger partial charge >= 0.3 is 16.1 Å². The van der Waals surface area contributed by atoms with Gasteiger partial charge in [-0.05, 0) is 24.6 Å². The third-order valence-electron chi connectivity index (χ3n) is 3.25. The van der Waals surface area contributed by atoms with E-state index < -0.39 is 28.2 Å². The van der Waals surface area contributed by atoms with Crippen molar-refractivity contribution in [3.05, 3.63) is 65.7 Å². The molecule has 0 radical (unpaired) electrons. The number of aliphatic hydroxyl groups is 1. The van der Waals surface area contributed by atoms with Crippen LogP contribution in [0.3, 0.4) is 0 Å². The first-order valence-corrected chi connectivity index (χ1v) is 8.25. The zero-order chi connectivity index (χ0) is 17.0. The van der Waals surface area contributed by atoms with Crippen LogP contribution in [0, 0.1) is 6.92 Å². The number of hydrogen-bond acceptors (Lipinski definition) is 6. The van der Waals surface area contributed by atoms with Crippen LogP contribution in [0.1, 0.15) is 17.2 Å². The first-order valence-electron chi connectivity index (χ1n) is 6.85. The van der Waals surface area contributed by atoms with Gasteiger partial charge in [0.05, 0.1) is 0 Å². The predicted molar refractivity (Wildman–Crippen MR) is 83.8 cm³/mol. The molecule has 0 aliphatic heterocycles. The van der Waals surface area contributed by atoms with Gasteiger partial charge in [0.1, 0.15) is 17.0 Å². The molecular formula is C16H17NO5S. The number of benzene rings is 2. The molecule has 0 saturated heterocycles. The Hall–Kier alpha value is -2.22. The van der Waals surface area contributed by atoms with E-state index in [1.54, 1.807) is 49.4 Å². The Bertz CT molecular complexity index is 772. The maximum Gasteiger partial charge on any atom is 0.342 e. The fourth-order valence-electron chi connectivity index (χ4n) is 1.90. The topological polar surface area (TPSA) is 107 Å². The Morgan fingerprint density at radius 1 is 1.09 bits per heavy atom. The lowest BCUT2D eigenvalue weighted by molar-refractivity contribution is -0.138. The zero-order valence-corrected chi connectivity index (χ0v) is 13.2. The van der Waals surface area contributed by atoms with Crippen molar-refractivity contribution in [3.63, 3.8) is 0 Å². The van der Waals surface area contributed by atoms with E-state index in [0.29, 0.717) is 5.56 Å². The van der Waals surface area contributed by atoms with Gasteiger partial charge in [0.25, 0.3) is 0 Å². The van der Waals surface area contributed by atoms with Gasteiger partial charge in [-0.15, -0.1) is 0 Å². The molecule has 2 aromatic rings. The molecule has 0 spiro atoms. The third-order valence-corrected chi connectivity index (χ3v) is 4.49. The summed E-state index contributed by atoms with van der Waals surface area (Å²) in [6.07, 6.45) is -1.36. The van der Waals surface area contributed by atoms with E-state index in [2.05, 4.69) is 4.18 Å². The Kier molecular flexibility index (Phi) is 5.15. The summed E-state index contributed by atoms with van der Waals surface area (Å²) in [5.41, 5.74) is 6.87. The molecule has 0 saturated carbocycles. The Balaban J connectivity index is 2.13.